The highest BCUT2D eigenvalue weighted by atomic mass is 16.5. The van der Waals surface area contributed by atoms with Crippen molar-refractivity contribution in [2.24, 2.45) is 0 Å². The molecule has 22 heavy (non-hydrogen) atoms. The molecular formula is C19H24N2O. The van der Waals surface area contributed by atoms with Gasteiger partial charge in [0.25, 0.3) is 0 Å². The van der Waals surface area contributed by atoms with Crippen molar-refractivity contribution < 1.29 is 4.74 Å². The minimum atomic E-state index is 0.416. The molecule has 2 aromatic carbocycles. The van der Waals surface area contributed by atoms with Crippen LogP contribution in [0.5, 0.6) is 11.5 Å². The first-order valence-corrected chi connectivity index (χ1v) is 8.10. The van der Waals surface area contributed by atoms with Crippen LogP contribution in [0.4, 0.5) is 0 Å². The highest BCUT2D eigenvalue weighted by molar-refractivity contribution is 5.35. The lowest BCUT2D eigenvalue weighted by atomic mass is 10.1. The molecule has 2 aromatic rings. The lowest BCUT2D eigenvalue weighted by Crippen LogP contribution is -2.30. The molecule has 1 N–H and O–H groups in total. The zero-order chi connectivity index (χ0) is 15.2. The van der Waals surface area contributed by atoms with Crippen LogP contribution in [-0.4, -0.2) is 31.1 Å². The molecule has 3 rings (SSSR count). The molecule has 1 aliphatic rings. The molecule has 1 heterocycles. The second-order valence-corrected chi connectivity index (χ2v) is 5.80. The number of hydrogen-bond donors (Lipinski definition) is 1. The summed E-state index contributed by atoms with van der Waals surface area (Å²) in [5.41, 5.74) is 1.32. The molecule has 1 atom stereocenters. The Kier molecular flexibility index (Phi) is 5.09. The summed E-state index contributed by atoms with van der Waals surface area (Å²) in [5.74, 6) is 1.79. The van der Waals surface area contributed by atoms with Gasteiger partial charge in [-0.3, -0.25) is 4.90 Å². The first-order valence-electron chi connectivity index (χ1n) is 8.10. The fraction of sp³-hybridized carbons (Fsp3) is 0.368. The van der Waals surface area contributed by atoms with Crippen molar-refractivity contribution in [1.29, 1.82) is 0 Å². The molecule has 0 radical (unpaired) electrons. The third-order valence-electron chi connectivity index (χ3n) is 4.24. The zero-order valence-electron chi connectivity index (χ0n) is 13.2. The van der Waals surface area contributed by atoms with Crippen molar-refractivity contribution in [2.75, 3.05) is 26.2 Å². The second kappa shape index (κ2) is 7.43. The van der Waals surface area contributed by atoms with E-state index in [-0.39, 0.29) is 0 Å². The molecule has 116 valence electrons. The molecular weight excluding hydrogens is 272 g/mol. The standard InChI is InChI=1S/C19H24N2O/c1-16(21-13-6-11-20-12-14-21)17-7-5-10-19(15-17)22-18-8-3-2-4-9-18/h2-5,7-10,15-16,20H,6,11-14H2,1H3. The van der Waals surface area contributed by atoms with E-state index in [1.165, 1.54) is 12.0 Å². The number of para-hydroxylation sites is 1. The van der Waals surface area contributed by atoms with Crippen molar-refractivity contribution in [3.05, 3.63) is 60.2 Å². The smallest absolute Gasteiger partial charge is 0.127 e. The Morgan fingerprint density at radius 1 is 0.955 bits per heavy atom. The van der Waals surface area contributed by atoms with Gasteiger partial charge in [-0.2, -0.15) is 0 Å². The van der Waals surface area contributed by atoms with Gasteiger partial charge in [0.1, 0.15) is 11.5 Å². The fourth-order valence-corrected chi connectivity index (χ4v) is 2.93. The van der Waals surface area contributed by atoms with Crippen molar-refractivity contribution in [1.82, 2.24) is 10.2 Å². The Bertz CT molecular complexity index is 577. The summed E-state index contributed by atoms with van der Waals surface area (Å²) in [4.78, 5) is 2.54. The van der Waals surface area contributed by atoms with E-state index in [0.717, 1.165) is 37.7 Å². The summed E-state index contributed by atoms with van der Waals surface area (Å²) in [6.07, 6.45) is 1.21. The summed E-state index contributed by atoms with van der Waals surface area (Å²) in [6, 6.07) is 18.8. The van der Waals surface area contributed by atoms with Crippen LogP contribution in [0.25, 0.3) is 0 Å². The fourth-order valence-electron chi connectivity index (χ4n) is 2.93. The van der Waals surface area contributed by atoms with Gasteiger partial charge in [0.15, 0.2) is 0 Å². The van der Waals surface area contributed by atoms with Crippen molar-refractivity contribution in [3.63, 3.8) is 0 Å². The SMILES string of the molecule is CC(c1cccc(Oc2ccccc2)c1)N1CCCNCC1. The number of rotatable bonds is 4. The minimum absolute atomic E-state index is 0.416. The Labute approximate surface area is 132 Å². The molecule has 0 spiro atoms. The summed E-state index contributed by atoms with van der Waals surface area (Å²) >= 11 is 0. The molecule has 1 saturated heterocycles. The normalized spacial score (nSPS) is 17.7. The average Bonchev–Trinajstić information content (AvgIpc) is 2.85. The third kappa shape index (κ3) is 3.87. The van der Waals surface area contributed by atoms with E-state index >= 15 is 0 Å². The number of hydrogen-bond acceptors (Lipinski definition) is 3. The van der Waals surface area contributed by atoms with Crippen LogP contribution in [0.2, 0.25) is 0 Å². The van der Waals surface area contributed by atoms with Gasteiger partial charge >= 0.3 is 0 Å². The Hall–Kier alpha value is -1.84. The second-order valence-electron chi connectivity index (χ2n) is 5.80. The van der Waals surface area contributed by atoms with Gasteiger partial charge in [-0.15, -0.1) is 0 Å². The van der Waals surface area contributed by atoms with Crippen molar-refractivity contribution in [3.8, 4) is 11.5 Å². The monoisotopic (exact) mass is 296 g/mol. The average molecular weight is 296 g/mol. The van der Waals surface area contributed by atoms with E-state index in [4.69, 9.17) is 4.74 Å². The Morgan fingerprint density at radius 3 is 2.64 bits per heavy atom. The van der Waals surface area contributed by atoms with E-state index in [0.29, 0.717) is 6.04 Å². The van der Waals surface area contributed by atoms with Gasteiger partial charge < -0.3 is 10.1 Å². The van der Waals surface area contributed by atoms with Gasteiger partial charge in [-0.25, -0.2) is 0 Å². The van der Waals surface area contributed by atoms with E-state index in [1.54, 1.807) is 0 Å². The first kappa shape index (κ1) is 15.1. The highest BCUT2D eigenvalue weighted by Gasteiger charge is 2.17. The molecule has 0 aliphatic carbocycles. The topological polar surface area (TPSA) is 24.5 Å². The molecule has 0 bridgehead atoms. The molecule has 1 unspecified atom stereocenters. The van der Waals surface area contributed by atoms with Gasteiger partial charge in [0, 0.05) is 19.1 Å². The van der Waals surface area contributed by atoms with Crippen LogP contribution in [0.3, 0.4) is 0 Å². The summed E-state index contributed by atoms with van der Waals surface area (Å²) in [7, 11) is 0. The quantitative estimate of drug-likeness (QED) is 0.928. The van der Waals surface area contributed by atoms with Gasteiger partial charge in [-0.05, 0) is 56.3 Å². The van der Waals surface area contributed by atoms with E-state index in [9.17, 15) is 0 Å². The number of nitrogens with one attached hydrogen (secondary N) is 1. The largest absolute Gasteiger partial charge is 0.457 e. The van der Waals surface area contributed by atoms with Crippen LogP contribution in [0.15, 0.2) is 54.6 Å². The van der Waals surface area contributed by atoms with Crippen LogP contribution in [0, 0.1) is 0 Å². The van der Waals surface area contributed by atoms with Gasteiger partial charge in [0.2, 0.25) is 0 Å². The van der Waals surface area contributed by atoms with Crippen LogP contribution in [-0.2, 0) is 0 Å². The number of benzene rings is 2. The number of nitrogens with zero attached hydrogens (tertiary/aromatic N) is 1. The molecule has 3 heteroatoms. The summed E-state index contributed by atoms with van der Waals surface area (Å²) in [5, 5.41) is 3.46. The maximum Gasteiger partial charge on any atom is 0.127 e. The molecule has 1 aliphatic heterocycles. The molecule has 1 fully saturated rings. The molecule has 0 saturated carbocycles. The number of ether oxygens (including phenoxy) is 1. The molecule has 0 aromatic heterocycles. The van der Waals surface area contributed by atoms with Crippen LogP contribution < -0.4 is 10.1 Å². The van der Waals surface area contributed by atoms with Crippen molar-refractivity contribution >= 4 is 0 Å². The lowest BCUT2D eigenvalue weighted by Gasteiger charge is -2.27. The van der Waals surface area contributed by atoms with E-state index < -0.39 is 0 Å². The van der Waals surface area contributed by atoms with E-state index in [1.807, 2.05) is 36.4 Å². The van der Waals surface area contributed by atoms with Crippen LogP contribution in [0.1, 0.15) is 24.9 Å². The zero-order valence-corrected chi connectivity index (χ0v) is 13.2. The van der Waals surface area contributed by atoms with Crippen molar-refractivity contribution in [2.45, 2.75) is 19.4 Å². The van der Waals surface area contributed by atoms with Crippen LogP contribution >= 0.6 is 0 Å². The van der Waals surface area contributed by atoms with Gasteiger partial charge in [-0.1, -0.05) is 30.3 Å². The van der Waals surface area contributed by atoms with Gasteiger partial charge in [0.05, 0.1) is 0 Å². The summed E-state index contributed by atoms with van der Waals surface area (Å²) < 4.78 is 5.95. The third-order valence-corrected chi connectivity index (χ3v) is 4.24. The Morgan fingerprint density at radius 2 is 1.77 bits per heavy atom. The predicted octanol–water partition coefficient (Wildman–Crippen LogP) is 3.84. The minimum Gasteiger partial charge on any atom is -0.457 e. The predicted molar refractivity (Wildman–Crippen MR) is 90.4 cm³/mol. The lowest BCUT2D eigenvalue weighted by molar-refractivity contribution is 0.225. The first-order chi connectivity index (χ1) is 10.8. The molecule has 3 nitrogen and oxygen atoms in total. The summed E-state index contributed by atoms with van der Waals surface area (Å²) in [6.45, 7) is 6.74. The van der Waals surface area contributed by atoms with E-state index in [2.05, 4.69) is 35.3 Å². The Balaban J connectivity index is 1.72. The highest BCUT2D eigenvalue weighted by Crippen LogP contribution is 2.27. The molecule has 0 amide bonds. The maximum absolute atomic E-state index is 5.95. The maximum atomic E-state index is 5.95.